The van der Waals surface area contributed by atoms with Crippen molar-refractivity contribution in [2.24, 2.45) is 0 Å². The summed E-state index contributed by atoms with van der Waals surface area (Å²) in [5, 5.41) is 9.16. The van der Waals surface area contributed by atoms with Gasteiger partial charge < -0.3 is 5.11 Å². The lowest BCUT2D eigenvalue weighted by Gasteiger charge is -2.34. The van der Waals surface area contributed by atoms with Gasteiger partial charge in [0.2, 0.25) is 0 Å². The predicted octanol–water partition coefficient (Wildman–Crippen LogP) is 1.55. The molecule has 0 bridgehead atoms. The number of rotatable bonds is 4. The van der Waals surface area contributed by atoms with E-state index in [2.05, 4.69) is 0 Å². The fourth-order valence-electron chi connectivity index (χ4n) is 2.46. The normalized spacial score (nSPS) is 22.1. The third-order valence-corrected chi connectivity index (χ3v) is 5.29. The van der Waals surface area contributed by atoms with Crippen LogP contribution in [0, 0.1) is 5.82 Å². The second-order valence-electron chi connectivity index (χ2n) is 5.11. The zero-order chi connectivity index (χ0) is 15.6. The number of carbonyl (C=O) groups is 1. The van der Waals surface area contributed by atoms with E-state index in [-0.39, 0.29) is 36.0 Å². The maximum absolute atomic E-state index is 13.3. The first-order valence-electron chi connectivity index (χ1n) is 6.36. The van der Waals surface area contributed by atoms with Gasteiger partial charge in [-0.05, 0) is 23.8 Å². The van der Waals surface area contributed by atoms with Gasteiger partial charge in [0.15, 0.2) is 9.84 Å². The van der Waals surface area contributed by atoms with Crippen molar-refractivity contribution in [2.75, 3.05) is 18.1 Å². The van der Waals surface area contributed by atoms with Crippen LogP contribution in [-0.2, 0) is 21.2 Å². The van der Waals surface area contributed by atoms with Crippen LogP contribution >= 0.6 is 11.6 Å². The summed E-state index contributed by atoms with van der Waals surface area (Å²) >= 11 is 5.79. The van der Waals surface area contributed by atoms with Crippen molar-refractivity contribution in [1.29, 1.82) is 0 Å². The number of halogens is 2. The highest BCUT2D eigenvalue weighted by atomic mass is 35.5. The molecule has 0 aromatic heterocycles. The number of nitrogens with zero attached hydrogens (tertiary/aromatic N) is 1. The summed E-state index contributed by atoms with van der Waals surface area (Å²) in [4.78, 5) is 12.6. The lowest BCUT2D eigenvalue weighted by atomic mass is 10.1. The van der Waals surface area contributed by atoms with E-state index in [1.807, 2.05) is 0 Å². The largest absolute Gasteiger partial charge is 0.481 e. The zero-order valence-corrected chi connectivity index (χ0v) is 12.7. The molecule has 1 atom stereocenters. The van der Waals surface area contributed by atoms with Crippen molar-refractivity contribution in [3.63, 3.8) is 0 Å². The first kappa shape index (κ1) is 16.2. The fourth-order valence-corrected chi connectivity index (χ4v) is 4.29. The third-order valence-electron chi connectivity index (χ3n) is 3.37. The molecule has 2 rings (SSSR count). The summed E-state index contributed by atoms with van der Waals surface area (Å²) < 4.78 is 36.6. The van der Waals surface area contributed by atoms with Gasteiger partial charge in [0, 0.05) is 24.2 Å². The molecule has 1 aromatic rings. The maximum atomic E-state index is 13.3. The molecule has 8 heteroatoms. The van der Waals surface area contributed by atoms with Crippen molar-refractivity contribution in [3.8, 4) is 0 Å². The monoisotopic (exact) mass is 335 g/mol. The Balaban J connectivity index is 2.17. The molecule has 1 unspecified atom stereocenters. The average molecular weight is 336 g/mol. The van der Waals surface area contributed by atoms with Crippen LogP contribution < -0.4 is 0 Å². The second-order valence-corrected chi connectivity index (χ2v) is 7.78. The van der Waals surface area contributed by atoms with Gasteiger partial charge in [0.25, 0.3) is 0 Å². The summed E-state index contributed by atoms with van der Waals surface area (Å²) in [5.41, 5.74) is 0.592. The summed E-state index contributed by atoms with van der Waals surface area (Å²) in [6.45, 7) is 0.499. The second kappa shape index (κ2) is 6.29. The Morgan fingerprint density at radius 1 is 1.43 bits per heavy atom. The minimum atomic E-state index is -3.22. The minimum Gasteiger partial charge on any atom is -0.481 e. The highest BCUT2D eigenvalue weighted by Gasteiger charge is 2.32. The summed E-state index contributed by atoms with van der Waals surface area (Å²) in [6.07, 6.45) is -0.262. The highest BCUT2D eigenvalue weighted by molar-refractivity contribution is 7.91. The number of hydrogen-bond acceptors (Lipinski definition) is 4. The summed E-state index contributed by atoms with van der Waals surface area (Å²) in [7, 11) is -3.22. The smallest absolute Gasteiger partial charge is 0.304 e. The lowest BCUT2D eigenvalue weighted by Crippen LogP contribution is -2.48. The van der Waals surface area contributed by atoms with Gasteiger partial charge in [0.1, 0.15) is 5.82 Å². The van der Waals surface area contributed by atoms with E-state index < -0.39 is 27.7 Å². The minimum absolute atomic E-state index is 0.0217. The Morgan fingerprint density at radius 3 is 2.76 bits per heavy atom. The van der Waals surface area contributed by atoms with E-state index in [9.17, 15) is 17.6 Å². The van der Waals surface area contributed by atoms with Crippen LogP contribution in [-0.4, -0.2) is 48.5 Å². The Labute approximate surface area is 127 Å². The standard InChI is InChI=1S/C13H15ClFNO4S/c14-10-3-9(4-11(15)5-10)7-16-1-2-21(19,20)8-12(16)6-13(17)18/h3-5,12H,1-2,6-8H2,(H,17,18). The predicted molar refractivity (Wildman–Crippen MR) is 76.5 cm³/mol. The van der Waals surface area contributed by atoms with E-state index in [0.29, 0.717) is 5.56 Å². The molecule has 21 heavy (non-hydrogen) atoms. The highest BCUT2D eigenvalue weighted by Crippen LogP contribution is 2.21. The summed E-state index contributed by atoms with van der Waals surface area (Å²) in [5.74, 6) is -1.74. The number of carboxylic acid groups (broad SMARTS) is 1. The topological polar surface area (TPSA) is 74.7 Å². The maximum Gasteiger partial charge on any atom is 0.304 e. The van der Waals surface area contributed by atoms with E-state index >= 15 is 0 Å². The molecule has 1 saturated heterocycles. The van der Waals surface area contributed by atoms with E-state index in [1.165, 1.54) is 12.1 Å². The van der Waals surface area contributed by atoms with Crippen LogP contribution in [0.5, 0.6) is 0 Å². The van der Waals surface area contributed by atoms with Gasteiger partial charge in [-0.1, -0.05) is 11.6 Å². The van der Waals surface area contributed by atoms with Crippen LogP contribution in [0.4, 0.5) is 4.39 Å². The molecule has 1 N–H and O–H groups in total. The molecular formula is C13H15ClFNO4S. The van der Waals surface area contributed by atoms with E-state index in [0.717, 1.165) is 0 Å². The number of benzene rings is 1. The molecule has 0 radical (unpaired) electrons. The van der Waals surface area contributed by atoms with Gasteiger partial charge in [0.05, 0.1) is 17.9 Å². The molecule has 1 heterocycles. The Kier molecular flexibility index (Phi) is 4.85. The van der Waals surface area contributed by atoms with Crippen LogP contribution in [0.25, 0.3) is 0 Å². The lowest BCUT2D eigenvalue weighted by molar-refractivity contribution is -0.138. The van der Waals surface area contributed by atoms with Crippen LogP contribution in [0.2, 0.25) is 5.02 Å². The van der Waals surface area contributed by atoms with Crippen molar-refractivity contribution >= 4 is 27.4 Å². The van der Waals surface area contributed by atoms with Gasteiger partial charge >= 0.3 is 5.97 Å². The van der Waals surface area contributed by atoms with Crippen LogP contribution in [0.3, 0.4) is 0 Å². The molecule has 0 amide bonds. The molecule has 1 aliphatic rings. The van der Waals surface area contributed by atoms with E-state index in [4.69, 9.17) is 16.7 Å². The van der Waals surface area contributed by atoms with Crippen molar-refractivity contribution < 1.29 is 22.7 Å². The molecule has 1 fully saturated rings. The van der Waals surface area contributed by atoms with Crippen molar-refractivity contribution in [1.82, 2.24) is 4.90 Å². The molecule has 1 aromatic carbocycles. The van der Waals surface area contributed by atoms with Gasteiger partial charge in [-0.3, -0.25) is 9.69 Å². The Hall–Kier alpha value is -1.18. The van der Waals surface area contributed by atoms with Gasteiger partial charge in [-0.25, -0.2) is 12.8 Å². The average Bonchev–Trinajstić information content (AvgIpc) is 2.30. The number of sulfone groups is 1. The molecule has 1 aliphatic heterocycles. The van der Waals surface area contributed by atoms with Crippen LogP contribution in [0.1, 0.15) is 12.0 Å². The molecule has 116 valence electrons. The quantitative estimate of drug-likeness (QED) is 0.903. The zero-order valence-electron chi connectivity index (χ0n) is 11.1. The SMILES string of the molecule is O=C(O)CC1CS(=O)(=O)CCN1Cc1cc(F)cc(Cl)c1. The molecular weight excluding hydrogens is 321 g/mol. The molecule has 5 nitrogen and oxygen atoms in total. The fraction of sp³-hybridized carbons (Fsp3) is 0.462. The molecule has 0 saturated carbocycles. The number of hydrogen-bond donors (Lipinski definition) is 1. The Bertz CT molecular complexity index is 629. The van der Waals surface area contributed by atoms with Crippen molar-refractivity contribution in [3.05, 3.63) is 34.6 Å². The van der Waals surface area contributed by atoms with Crippen LogP contribution in [0.15, 0.2) is 18.2 Å². The first-order chi connectivity index (χ1) is 9.75. The van der Waals surface area contributed by atoms with Gasteiger partial charge in [-0.2, -0.15) is 0 Å². The van der Waals surface area contributed by atoms with E-state index in [1.54, 1.807) is 11.0 Å². The van der Waals surface area contributed by atoms with Crippen molar-refractivity contribution in [2.45, 2.75) is 19.0 Å². The Morgan fingerprint density at radius 2 is 2.14 bits per heavy atom. The molecule has 0 aliphatic carbocycles. The third kappa shape index (κ3) is 4.66. The number of carboxylic acids is 1. The molecule has 0 spiro atoms. The number of aliphatic carboxylic acids is 1. The summed E-state index contributed by atoms with van der Waals surface area (Å²) in [6, 6.07) is 3.47. The first-order valence-corrected chi connectivity index (χ1v) is 8.56. The van der Waals surface area contributed by atoms with Gasteiger partial charge in [-0.15, -0.1) is 0 Å².